The number of ether oxygens (including phenoxy) is 2. The fourth-order valence-corrected chi connectivity index (χ4v) is 2.53. The first kappa shape index (κ1) is 15.3. The first-order valence-electron chi connectivity index (χ1n) is 6.72. The number of ketones is 1. The lowest BCUT2D eigenvalue weighted by Gasteiger charge is -2.04. The number of fused-ring (bicyclic) bond motifs is 1. The van der Waals surface area contributed by atoms with Crippen molar-refractivity contribution in [3.63, 3.8) is 0 Å². The van der Waals surface area contributed by atoms with Gasteiger partial charge >= 0.3 is 5.97 Å². The Balaban J connectivity index is 1.87. The fraction of sp³-hybridized carbons (Fsp3) is 0.0588. The number of hydrogen-bond acceptors (Lipinski definition) is 4. The van der Waals surface area contributed by atoms with Gasteiger partial charge in [0, 0.05) is 10.5 Å². The van der Waals surface area contributed by atoms with Crippen LogP contribution in [0.1, 0.15) is 15.9 Å². The lowest BCUT2D eigenvalue weighted by Crippen LogP contribution is -2.09. The van der Waals surface area contributed by atoms with Crippen LogP contribution in [0, 0.1) is 0 Å². The summed E-state index contributed by atoms with van der Waals surface area (Å²) in [4.78, 5) is 22.9. The zero-order valence-electron chi connectivity index (χ0n) is 11.8. The Morgan fingerprint density at radius 2 is 2.04 bits per heavy atom. The van der Waals surface area contributed by atoms with Crippen LogP contribution < -0.4 is 9.47 Å². The summed E-state index contributed by atoms with van der Waals surface area (Å²) in [5.74, 6) is -0.392. The Morgan fingerprint density at radius 1 is 1.26 bits per heavy atom. The van der Waals surface area contributed by atoms with E-state index in [4.69, 9.17) is 14.6 Å². The molecular formula is C17H11BrO5. The van der Waals surface area contributed by atoms with Crippen LogP contribution in [0.15, 0.2) is 52.7 Å². The monoisotopic (exact) mass is 374 g/mol. The van der Waals surface area contributed by atoms with Gasteiger partial charge in [-0.05, 0) is 29.8 Å². The highest BCUT2D eigenvalue weighted by molar-refractivity contribution is 9.10. The van der Waals surface area contributed by atoms with Crippen molar-refractivity contribution in [2.75, 3.05) is 6.61 Å². The molecule has 0 atom stereocenters. The Labute approximate surface area is 140 Å². The lowest BCUT2D eigenvalue weighted by molar-refractivity contribution is -0.139. The zero-order valence-corrected chi connectivity index (χ0v) is 13.4. The molecule has 0 aromatic heterocycles. The number of halogens is 1. The van der Waals surface area contributed by atoms with E-state index in [0.717, 1.165) is 10.0 Å². The highest BCUT2D eigenvalue weighted by atomic mass is 79.9. The second-order valence-corrected chi connectivity index (χ2v) is 5.66. The molecule has 0 aliphatic carbocycles. The summed E-state index contributed by atoms with van der Waals surface area (Å²) in [6.45, 7) is -0.452. The highest BCUT2D eigenvalue weighted by Gasteiger charge is 2.28. The molecule has 1 aliphatic rings. The number of allylic oxidation sites excluding steroid dienone is 1. The molecule has 0 bridgehead atoms. The van der Waals surface area contributed by atoms with Crippen molar-refractivity contribution in [2.24, 2.45) is 0 Å². The summed E-state index contributed by atoms with van der Waals surface area (Å²) in [5.41, 5.74) is 1.25. The van der Waals surface area contributed by atoms with Gasteiger partial charge in [-0.25, -0.2) is 4.79 Å². The number of carbonyl (C=O) groups excluding carboxylic acids is 1. The topological polar surface area (TPSA) is 72.8 Å². The third-order valence-electron chi connectivity index (χ3n) is 3.20. The van der Waals surface area contributed by atoms with E-state index in [1.165, 1.54) is 6.07 Å². The molecule has 23 heavy (non-hydrogen) atoms. The SMILES string of the molecule is O=C(O)COc1ccc2c(c1)O/C(=C\c1ccccc1Br)C2=O. The molecule has 1 heterocycles. The van der Waals surface area contributed by atoms with Gasteiger partial charge in [-0.3, -0.25) is 4.79 Å². The van der Waals surface area contributed by atoms with Crippen LogP contribution in [0.5, 0.6) is 11.5 Å². The molecule has 1 N–H and O–H groups in total. The van der Waals surface area contributed by atoms with Gasteiger partial charge in [0.1, 0.15) is 11.5 Å². The van der Waals surface area contributed by atoms with Crippen LogP contribution in [0.25, 0.3) is 6.08 Å². The van der Waals surface area contributed by atoms with Crippen molar-refractivity contribution in [3.8, 4) is 11.5 Å². The number of hydrogen-bond donors (Lipinski definition) is 1. The quantitative estimate of drug-likeness (QED) is 0.828. The smallest absolute Gasteiger partial charge is 0.341 e. The number of carboxylic acids is 1. The van der Waals surface area contributed by atoms with Crippen LogP contribution in [0.3, 0.4) is 0 Å². The standard InChI is InChI=1S/C17H11BrO5/c18-13-4-2-1-3-10(13)7-15-17(21)12-6-5-11(8-14(12)23-15)22-9-16(19)20/h1-8H,9H2,(H,19,20)/b15-7-. The molecule has 0 fully saturated rings. The molecule has 116 valence electrons. The van der Waals surface area contributed by atoms with E-state index in [1.54, 1.807) is 18.2 Å². The Bertz CT molecular complexity index is 825. The molecule has 0 unspecified atom stereocenters. The van der Waals surface area contributed by atoms with Gasteiger partial charge < -0.3 is 14.6 Å². The van der Waals surface area contributed by atoms with E-state index in [9.17, 15) is 9.59 Å². The van der Waals surface area contributed by atoms with Crippen molar-refractivity contribution in [2.45, 2.75) is 0 Å². The van der Waals surface area contributed by atoms with Crippen LogP contribution in [-0.2, 0) is 4.79 Å². The second kappa shape index (κ2) is 6.26. The normalized spacial score (nSPS) is 14.5. The second-order valence-electron chi connectivity index (χ2n) is 4.80. The Kier molecular flexibility index (Phi) is 4.16. The van der Waals surface area contributed by atoms with Crippen molar-refractivity contribution in [1.82, 2.24) is 0 Å². The maximum absolute atomic E-state index is 12.3. The van der Waals surface area contributed by atoms with Gasteiger partial charge in [-0.1, -0.05) is 34.1 Å². The molecule has 0 saturated carbocycles. The number of carbonyl (C=O) groups is 2. The van der Waals surface area contributed by atoms with Gasteiger partial charge in [0.2, 0.25) is 5.78 Å². The minimum atomic E-state index is -1.07. The highest BCUT2D eigenvalue weighted by Crippen LogP contribution is 2.35. The van der Waals surface area contributed by atoms with Crippen LogP contribution >= 0.6 is 15.9 Å². The van der Waals surface area contributed by atoms with Crippen molar-refractivity contribution >= 4 is 33.8 Å². The molecular weight excluding hydrogens is 364 g/mol. The minimum absolute atomic E-state index is 0.210. The Morgan fingerprint density at radius 3 is 2.78 bits per heavy atom. The molecule has 5 nitrogen and oxygen atoms in total. The molecule has 6 heteroatoms. The van der Waals surface area contributed by atoms with Crippen LogP contribution in [0.2, 0.25) is 0 Å². The summed E-state index contributed by atoms with van der Waals surface area (Å²) in [6.07, 6.45) is 1.66. The van der Waals surface area contributed by atoms with Gasteiger partial charge in [-0.15, -0.1) is 0 Å². The lowest BCUT2D eigenvalue weighted by atomic mass is 10.1. The summed E-state index contributed by atoms with van der Waals surface area (Å²) in [6, 6.07) is 12.1. The van der Waals surface area contributed by atoms with Crippen molar-refractivity contribution < 1.29 is 24.2 Å². The molecule has 1 aliphatic heterocycles. The molecule has 2 aromatic carbocycles. The van der Waals surface area contributed by atoms with Crippen molar-refractivity contribution in [1.29, 1.82) is 0 Å². The van der Waals surface area contributed by atoms with Crippen LogP contribution in [-0.4, -0.2) is 23.5 Å². The first-order valence-corrected chi connectivity index (χ1v) is 7.51. The van der Waals surface area contributed by atoms with E-state index >= 15 is 0 Å². The molecule has 2 aromatic rings. The molecule has 3 rings (SSSR count). The largest absolute Gasteiger partial charge is 0.482 e. The van der Waals surface area contributed by atoms with Crippen LogP contribution in [0.4, 0.5) is 0 Å². The van der Waals surface area contributed by atoms with E-state index in [2.05, 4.69) is 15.9 Å². The van der Waals surface area contributed by atoms with E-state index in [1.807, 2.05) is 24.3 Å². The summed E-state index contributed by atoms with van der Waals surface area (Å²) >= 11 is 3.42. The molecule has 0 radical (unpaired) electrons. The fourth-order valence-electron chi connectivity index (χ4n) is 2.14. The van der Waals surface area contributed by atoms with Gasteiger partial charge in [-0.2, -0.15) is 0 Å². The third kappa shape index (κ3) is 3.27. The number of carboxylic acid groups (broad SMARTS) is 1. The first-order chi connectivity index (χ1) is 11.0. The predicted molar refractivity (Wildman–Crippen MR) is 86.7 cm³/mol. The summed E-state index contributed by atoms with van der Waals surface area (Å²) in [7, 11) is 0. The maximum Gasteiger partial charge on any atom is 0.341 e. The van der Waals surface area contributed by atoms with Crippen molar-refractivity contribution in [3.05, 3.63) is 63.8 Å². The molecule has 0 amide bonds. The van der Waals surface area contributed by atoms with E-state index in [0.29, 0.717) is 17.1 Å². The number of benzene rings is 2. The molecule has 0 saturated heterocycles. The zero-order chi connectivity index (χ0) is 16.4. The molecule has 0 spiro atoms. The average Bonchev–Trinajstić information content (AvgIpc) is 2.83. The summed E-state index contributed by atoms with van der Waals surface area (Å²) in [5, 5.41) is 8.62. The van der Waals surface area contributed by atoms with Gasteiger partial charge in [0.05, 0.1) is 5.56 Å². The van der Waals surface area contributed by atoms with Gasteiger partial charge in [0.15, 0.2) is 12.4 Å². The van der Waals surface area contributed by atoms with Gasteiger partial charge in [0.25, 0.3) is 0 Å². The minimum Gasteiger partial charge on any atom is -0.482 e. The predicted octanol–water partition coefficient (Wildman–Crippen LogP) is 3.53. The summed E-state index contributed by atoms with van der Waals surface area (Å²) < 4.78 is 11.5. The van der Waals surface area contributed by atoms with E-state index < -0.39 is 12.6 Å². The van der Waals surface area contributed by atoms with E-state index in [-0.39, 0.29) is 11.5 Å². The Hall–Kier alpha value is -2.60. The number of aliphatic carboxylic acids is 1. The third-order valence-corrected chi connectivity index (χ3v) is 3.92. The maximum atomic E-state index is 12.3. The number of Topliss-reactive ketones (excluding diaryl/α,β-unsaturated/α-hetero) is 1. The average molecular weight is 375 g/mol. The number of rotatable bonds is 4.